The van der Waals surface area contributed by atoms with E-state index in [4.69, 9.17) is 0 Å². The number of carbonyl (C=O) groups excluding carboxylic acids is 4. The molecule has 4 N–H and O–H groups in total. The van der Waals surface area contributed by atoms with Gasteiger partial charge in [0, 0.05) is 19.5 Å². The predicted octanol–water partition coefficient (Wildman–Crippen LogP) is 0.966. The topological polar surface area (TPSA) is 136 Å². The molecule has 1 aromatic heterocycles. The van der Waals surface area contributed by atoms with E-state index in [0.717, 1.165) is 22.5 Å². The molecule has 0 fully saturated rings. The zero-order chi connectivity index (χ0) is 25.1. The molecule has 2 aromatic rings. The summed E-state index contributed by atoms with van der Waals surface area (Å²) in [5, 5.41) is 8.48. The van der Waals surface area contributed by atoms with Crippen molar-refractivity contribution in [2.24, 2.45) is 5.92 Å². The molecule has 35 heavy (non-hydrogen) atoms. The fraction of sp³-hybridized carbons (Fsp3) is 0.480. The third kappa shape index (κ3) is 5.06. The number of nitrogens with zero attached hydrogens (tertiary/aromatic N) is 2. The Labute approximate surface area is 204 Å². The minimum absolute atomic E-state index is 0.101. The van der Waals surface area contributed by atoms with E-state index in [2.05, 4.69) is 25.9 Å². The Hall–Kier alpha value is -3.69. The molecule has 2 aliphatic rings. The molecule has 186 valence electrons. The summed E-state index contributed by atoms with van der Waals surface area (Å²) in [7, 11) is 0. The molecule has 1 aromatic carbocycles. The maximum Gasteiger partial charge on any atom is 0.250 e. The van der Waals surface area contributed by atoms with Gasteiger partial charge in [-0.3, -0.25) is 24.1 Å². The highest BCUT2D eigenvalue weighted by Crippen LogP contribution is 2.39. The molecule has 0 aliphatic carbocycles. The maximum absolute atomic E-state index is 13.8. The van der Waals surface area contributed by atoms with Crippen LogP contribution in [0.3, 0.4) is 0 Å². The van der Waals surface area contributed by atoms with Crippen molar-refractivity contribution in [2.45, 2.75) is 71.1 Å². The molecule has 0 unspecified atom stereocenters. The Morgan fingerprint density at radius 2 is 2.03 bits per heavy atom. The van der Waals surface area contributed by atoms with Gasteiger partial charge < -0.3 is 20.9 Å². The van der Waals surface area contributed by atoms with Crippen molar-refractivity contribution < 1.29 is 19.2 Å². The van der Waals surface area contributed by atoms with Crippen LogP contribution in [0, 0.1) is 5.92 Å². The molecule has 4 rings (SSSR count). The van der Waals surface area contributed by atoms with Gasteiger partial charge in [0.05, 0.1) is 24.3 Å². The number of rotatable bonds is 8. The Balaban J connectivity index is 1.56. The monoisotopic (exact) mass is 480 g/mol. The Morgan fingerprint density at radius 1 is 1.26 bits per heavy atom. The van der Waals surface area contributed by atoms with Crippen molar-refractivity contribution in [1.29, 1.82) is 0 Å². The SMILES string of the molecule is CC[C@H](C)[C@H](NC(C)=O)C(=O)N[C@H]1CCc2cccc3c2N(C1=O)[C@H](C(=O)NCc1cnc[nH]1)C3. The van der Waals surface area contributed by atoms with E-state index in [1.807, 2.05) is 32.0 Å². The summed E-state index contributed by atoms with van der Waals surface area (Å²) in [6.45, 7) is 5.47. The first kappa shape index (κ1) is 24.4. The van der Waals surface area contributed by atoms with Crippen LogP contribution in [0.25, 0.3) is 0 Å². The minimum atomic E-state index is -0.802. The van der Waals surface area contributed by atoms with Crippen LogP contribution in [-0.4, -0.2) is 51.7 Å². The van der Waals surface area contributed by atoms with Gasteiger partial charge in [-0.05, 0) is 29.9 Å². The molecule has 0 saturated heterocycles. The summed E-state index contributed by atoms with van der Waals surface area (Å²) >= 11 is 0. The second kappa shape index (κ2) is 10.3. The summed E-state index contributed by atoms with van der Waals surface area (Å²) in [6, 6.07) is 3.60. The van der Waals surface area contributed by atoms with Gasteiger partial charge in [0.25, 0.3) is 0 Å². The number of nitrogens with one attached hydrogen (secondary N) is 4. The molecule has 0 saturated carbocycles. The Bertz CT molecular complexity index is 1120. The van der Waals surface area contributed by atoms with Crippen molar-refractivity contribution in [3.8, 4) is 0 Å². The highest BCUT2D eigenvalue weighted by Gasteiger charge is 2.44. The van der Waals surface area contributed by atoms with E-state index in [0.29, 0.717) is 25.7 Å². The van der Waals surface area contributed by atoms with E-state index in [9.17, 15) is 19.2 Å². The summed E-state index contributed by atoms with van der Waals surface area (Å²) in [6.07, 6.45) is 5.27. The highest BCUT2D eigenvalue weighted by atomic mass is 16.2. The smallest absolute Gasteiger partial charge is 0.250 e. The standard InChI is InChI=1S/C25H32N6O4/c1-4-14(2)21(29-15(3)32)24(34)30-19-9-8-16-6-5-7-17-10-20(31(22(16)17)25(19)35)23(33)27-12-18-11-26-13-28-18/h5-7,11,13-14,19-21H,4,8-10,12H2,1-3H3,(H,26,28)(H,27,33)(H,29,32)(H,30,34)/t14-,19-,20-,21-/m0/s1. The number of aromatic nitrogens is 2. The number of aromatic amines is 1. The van der Waals surface area contributed by atoms with Crippen LogP contribution >= 0.6 is 0 Å². The third-order valence-electron chi connectivity index (χ3n) is 6.89. The van der Waals surface area contributed by atoms with Gasteiger partial charge in [-0.1, -0.05) is 38.5 Å². The molecule has 0 bridgehead atoms. The number of anilines is 1. The van der Waals surface area contributed by atoms with Gasteiger partial charge in [0.2, 0.25) is 23.6 Å². The molecule has 4 atom stereocenters. The van der Waals surface area contributed by atoms with Gasteiger partial charge in [-0.25, -0.2) is 4.98 Å². The largest absolute Gasteiger partial charge is 0.349 e. The number of aryl methyl sites for hydroxylation is 1. The summed E-state index contributed by atoms with van der Waals surface area (Å²) in [4.78, 5) is 60.3. The quantitative estimate of drug-likeness (QED) is 0.446. The van der Waals surface area contributed by atoms with E-state index in [1.54, 1.807) is 17.4 Å². The summed E-state index contributed by atoms with van der Waals surface area (Å²) < 4.78 is 0. The first-order chi connectivity index (χ1) is 16.8. The van der Waals surface area contributed by atoms with Gasteiger partial charge >= 0.3 is 0 Å². The van der Waals surface area contributed by atoms with E-state index in [1.165, 1.54) is 6.92 Å². The number of hydrogen-bond acceptors (Lipinski definition) is 5. The van der Waals surface area contributed by atoms with Crippen molar-refractivity contribution in [1.82, 2.24) is 25.9 Å². The Morgan fingerprint density at radius 3 is 2.71 bits per heavy atom. The molecule has 0 radical (unpaired) electrons. The molecular formula is C25H32N6O4. The van der Waals surface area contributed by atoms with Crippen molar-refractivity contribution >= 4 is 29.3 Å². The predicted molar refractivity (Wildman–Crippen MR) is 129 cm³/mol. The lowest BCUT2D eigenvalue weighted by molar-refractivity contribution is -0.132. The molecule has 0 spiro atoms. The number of benzene rings is 1. The van der Waals surface area contributed by atoms with E-state index < -0.39 is 24.0 Å². The lowest BCUT2D eigenvalue weighted by atomic mass is 9.97. The van der Waals surface area contributed by atoms with Crippen molar-refractivity contribution in [2.75, 3.05) is 4.90 Å². The molecule has 10 heteroatoms. The first-order valence-electron chi connectivity index (χ1n) is 12.1. The van der Waals surface area contributed by atoms with Crippen LogP contribution in [0.15, 0.2) is 30.7 Å². The van der Waals surface area contributed by atoms with Crippen LogP contribution in [0.5, 0.6) is 0 Å². The lowest BCUT2D eigenvalue weighted by Gasteiger charge is -2.29. The fourth-order valence-corrected chi connectivity index (χ4v) is 4.84. The minimum Gasteiger partial charge on any atom is -0.349 e. The maximum atomic E-state index is 13.8. The van der Waals surface area contributed by atoms with E-state index in [-0.39, 0.29) is 30.2 Å². The lowest BCUT2D eigenvalue weighted by Crippen LogP contribution is -2.58. The molecule has 10 nitrogen and oxygen atoms in total. The first-order valence-corrected chi connectivity index (χ1v) is 12.1. The van der Waals surface area contributed by atoms with Crippen LogP contribution < -0.4 is 20.9 Å². The fourth-order valence-electron chi connectivity index (χ4n) is 4.84. The number of H-pyrrole nitrogens is 1. The normalized spacial score (nSPS) is 20.4. The zero-order valence-electron chi connectivity index (χ0n) is 20.3. The van der Waals surface area contributed by atoms with Gasteiger partial charge in [-0.15, -0.1) is 0 Å². The number of amides is 4. The molecule has 3 heterocycles. The van der Waals surface area contributed by atoms with Gasteiger partial charge in [0.15, 0.2) is 0 Å². The average Bonchev–Trinajstić information content (AvgIpc) is 3.47. The molecule has 2 aliphatic heterocycles. The number of hydrogen-bond donors (Lipinski definition) is 4. The second-order valence-electron chi connectivity index (χ2n) is 9.31. The van der Waals surface area contributed by atoms with Gasteiger partial charge in [0.1, 0.15) is 18.1 Å². The number of imidazole rings is 1. The average molecular weight is 481 g/mol. The number of para-hydroxylation sites is 1. The van der Waals surface area contributed by atoms with Crippen LogP contribution in [-0.2, 0) is 38.6 Å². The van der Waals surface area contributed by atoms with Crippen molar-refractivity contribution in [3.05, 3.63) is 47.5 Å². The van der Waals surface area contributed by atoms with E-state index >= 15 is 0 Å². The summed E-state index contributed by atoms with van der Waals surface area (Å²) in [5.41, 5.74) is 3.46. The number of carbonyl (C=O) groups is 4. The molecular weight excluding hydrogens is 448 g/mol. The van der Waals surface area contributed by atoms with Crippen LogP contribution in [0.1, 0.15) is 50.4 Å². The van der Waals surface area contributed by atoms with Crippen LogP contribution in [0.2, 0.25) is 0 Å². The van der Waals surface area contributed by atoms with Gasteiger partial charge in [-0.2, -0.15) is 0 Å². The molecule has 4 amide bonds. The third-order valence-corrected chi connectivity index (χ3v) is 6.89. The Kier molecular flexibility index (Phi) is 7.18. The zero-order valence-corrected chi connectivity index (χ0v) is 20.3. The second-order valence-corrected chi connectivity index (χ2v) is 9.31. The summed E-state index contributed by atoms with van der Waals surface area (Å²) in [5.74, 6) is -1.37. The highest BCUT2D eigenvalue weighted by molar-refractivity contribution is 6.08. The van der Waals surface area contributed by atoms with Crippen molar-refractivity contribution in [3.63, 3.8) is 0 Å². The van der Waals surface area contributed by atoms with Crippen LogP contribution in [0.4, 0.5) is 5.69 Å².